The highest BCUT2D eigenvalue weighted by atomic mass is 32.1. The Morgan fingerprint density at radius 2 is 2.00 bits per heavy atom. The summed E-state index contributed by atoms with van der Waals surface area (Å²) in [6, 6.07) is 0. The van der Waals surface area contributed by atoms with E-state index in [9.17, 15) is 9.59 Å². The maximum atomic E-state index is 11.9. The number of nitrogens with zero attached hydrogens (tertiary/aromatic N) is 2. The third kappa shape index (κ3) is 3.49. The van der Waals surface area contributed by atoms with E-state index in [4.69, 9.17) is 5.11 Å². The summed E-state index contributed by atoms with van der Waals surface area (Å²) in [4.78, 5) is 22.4. The Balaban J connectivity index is 1.90. The van der Waals surface area contributed by atoms with E-state index >= 15 is 0 Å². The standard InChI is InChI=1S/C11H15N3O3S/c15-9(16)6-8-13-14-11(18-8)12-10(17)7-4-2-1-3-5-7/h7H,1-6H2,(H,15,16)(H,12,14,17). The fourth-order valence-electron chi connectivity index (χ4n) is 2.08. The first-order valence-corrected chi connectivity index (χ1v) is 6.82. The maximum Gasteiger partial charge on any atom is 0.310 e. The number of nitrogens with one attached hydrogen (secondary N) is 1. The zero-order valence-electron chi connectivity index (χ0n) is 9.89. The van der Waals surface area contributed by atoms with Gasteiger partial charge in [0.15, 0.2) is 0 Å². The highest BCUT2D eigenvalue weighted by Crippen LogP contribution is 2.25. The highest BCUT2D eigenvalue weighted by molar-refractivity contribution is 7.15. The SMILES string of the molecule is O=C(O)Cc1nnc(NC(=O)C2CCCCC2)s1. The van der Waals surface area contributed by atoms with Crippen molar-refractivity contribution in [3.63, 3.8) is 0 Å². The zero-order chi connectivity index (χ0) is 13.0. The maximum absolute atomic E-state index is 11.9. The summed E-state index contributed by atoms with van der Waals surface area (Å²) in [6.45, 7) is 0. The Kier molecular flexibility index (Phi) is 4.24. The van der Waals surface area contributed by atoms with Gasteiger partial charge >= 0.3 is 5.97 Å². The van der Waals surface area contributed by atoms with Gasteiger partial charge in [-0.2, -0.15) is 0 Å². The molecule has 18 heavy (non-hydrogen) atoms. The largest absolute Gasteiger partial charge is 0.481 e. The molecule has 1 aromatic heterocycles. The Hall–Kier alpha value is -1.50. The molecule has 0 radical (unpaired) electrons. The highest BCUT2D eigenvalue weighted by Gasteiger charge is 2.22. The van der Waals surface area contributed by atoms with E-state index < -0.39 is 5.97 Å². The van der Waals surface area contributed by atoms with E-state index in [1.165, 1.54) is 6.42 Å². The van der Waals surface area contributed by atoms with Gasteiger partial charge in [0.25, 0.3) is 0 Å². The lowest BCUT2D eigenvalue weighted by molar-refractivity contribution is -0.136. The number of carboxylic acids is 1. The molecule has 0 aliphatic heterocycles. The molecule has 0 aromatic carbocycles. The van der Waals surface area contributed by atoms with E-state index in [1.807, 2.05) is 0 Å². The molecule has 7 heteroatoms. The van der Waals surface area contributed by atoms with Gasteiger partial charge in [-0.05, 0) is 12.8 Å². The molecule has 1 amide bonds. The number of aromatic nitrogens is 2. The summed E-state index contributed by atoms with van der Waals surface area (Å²) in [6.07, 6.45) is 5.08. The molecule has 0 atom stereocenters. The van der Waals surface area contributed by atoms with Gasteiger partial charge in [0.2, 0.25) is 11.0 Å². The number of carbonyl (C=O) groups is 2. The van der Waals surface area contributed by atoms with Crippen LogP contribution in [0.15, 0.2) is 0 Å². The lowest BCUT2D eigenvalue weighted by Gasteiger charge is -2.19. The smallest absolute Gasteiger partial charge is 0.310 e. The second-order valence-corrected chi connectivity index (χ2v) is 5.46. The monoisotopic (exact) mass is 269 g/mol. The van der Waals surface area contributed by atoms with Crippen molar-refractivity contribution in [2.24, 2.45) is 5.92 Å². The van der Waals surface area contributed by atoms with Crippen LogP contribution in [-0.2, 0) is 16.0 Å². The van der Waals surface area contributed by atoms with E-state index in [1.54, 1.807) is 0 Å². The molecule has 6 nitrogen and oxygen atoms in total. The Bertz CT molecular complexity index is 440. The summed E-state index contributed by atoms with van der Waals surface area (Å²) >= 11 is 1.12. The number of rotatable bonds is 4. The third-order valence-corrected chi connectivity index (χ3v) is 3.81. The van der Waals surface area contributed by atoms with Gasteiger partial charge in [0.05, 0.1) is 6.42 Å². The summed E-state index contributed by atoms with van der Waals surface area (Å²) in [5.74, 6) is -0.908. The molecule has 0 bridgehead atoms. The number of anilines is 1. The fourth-order valence-corrected chi connectivity index (χ4v) is 2.81. The third-order valence-electron chi connectivity index (χ3n) is 2.98. The second-order valence-electron chi connectivity index (χ2n) is 4.40. The second kappa shape index (κ2) is 5.90. The minimum Gasteiger partial charge on any atom is -0.481 e. The predicted octanol–water partition coefficient (Wildman–Crippen LogP) is 1.68. The number of amides is 1. The molecule has 0 unspecified atom stereocenters. The zero-order valence-corrected chi connectivity index (χ0v) is 10.7. The summed E-state index contributed by atoms with van der Waals surface area (Å²) in [5, 5.41) is 19.6. The Morgan fingerprint density at radius 3 is 2.67 bits per heavy atom. The van der Waals surface area contributed by atoms with Crippen LogP contribution < -0.4 is 5.32 Å². The van der Waals surface area contributed by atoms with Crippen LogP contribution >= 0.6 is 11.3 Å². The molecule has 1 fully saturated rings. The molecule has 1 saturated carbocycles. The predicted molar refractivity (Wildman–Crippen MR) is 66.5 cm³/mol. The number of hydrogen-bond donors (Lipinski definition) is 2. The molecule has 1 aliphatic carbocycles. The van der Waals surface area contributed by atoms with Crippen molar-refractivity contribution in [1.82, 2.24) is 10.2 Å². The van der Waals surface area contributed by atoms with Gasteiger partial charge in [-0.1, -0.05) is 30.6 Å². The minimum atomic E-state index is -0.948. The van der Waals surface area contributed by atoms with E-state index in [-0.39, 0.29) is 18.2 Å². The topological polar surface area (TPSA) is 92.2 Å². The van der Waals surface area contributed by atoms with Crippen LogP contribution in [0.5, 0.6) is 0 Å². The van der Waals surface area contributed by atoms with Crippen molar-refractivity contribution >= 4 is 28.3 Å². The van der Waals surface area contributed by atoms with E-state index in [2.05, 4.69) is 15.5 Å². The molecule has 1 aliphatic rings. The summed E-state index contributed by atoms with van der Waals surface area (Å²) in [7, 11) is 0. The van der Waals surface area contributed by atoms with Crippen molar-refractivity contribution in [3.05, 3.63) is 5.01 Å². The Labute approximate surface area is 108 Å². The summed E-state index contributed by atoms with van der Waals surface area (Å²) < 4.78 is 0. The number of carboxylic acid groups (broad SMARTS) is 1. The molecule has 1 heterocycles. The van der Waals surface area contributed by atoms with Crippen molar-refractivity contribution in [1.29, 1.82) is 0 Å². The average molecular weight is 269 g/mol. The molecule has 1 aromatic rings. The van der Waals surface area contributed by atoms with Crippen LogP contribution in [0.2, 0.25) is 0 Å². The van der Waals surface area contributed by atoms with Crippen LogP contribution in [0.1, 0.15) is 37.1 Å². The first-order valence-electron chi connectivity index (χ1n) is 6.00. The average Bonchev–Trinajstić information content (AvgIpc) is 2.76. The lowest BCUT2D eigenvalue weighted by atomic mass is 9.89. The number of aliphatic carboxylic acids is 1. The van der Waals surface area contributed by atoms with Crippen LogP contribution in [-0.4, -0.2) is 27.2 Å². The number of carbonyl (C=O) groups excluding carboxylic acids is 1. The molecule has 0 spiro atoms. The molecular formula is C11H15N3O3S. The van der Waals surface area contributed by atoms with Crippen molar-refractivity contribution in [2.75, 3.05) is 5.32 Å². The lowest BCUT2D eigenvalue weighted by Crippen LogP contribution is -2.24. The molecular weight excluding hydrogens is 254 g/mol. The first kappa shape index (κ1) is 12.9. The van der Waals surface area contributed by atoms with Gasteiger partial charge in [0, 0.05) is 5.92 Å². The van der Waals surface area contributed by atoms with Gasteiger partial charge in [-0.25, -0.2) is 0 Å². The van der Waals surface area contributed by atoms with Crippen LogP contribution in [0, 0.1) is 5.92 Å². The fraction of sp³-hybridized carbons (Fsp3) is 0.636. The molecule has 98 valence electrons. The molecule has 2 N–H and O–H groups in total. The Morgan fingerprint density at radius 1 is 1.28 bits per heavy atom. The number of hydrogen-bond acceptors (Lipinski definition) is 5. The van der Waals surface area contributed by atoms with Crippen molar-refractivity contribution in [2.45, 2.75) is 38.5 Å². The van der Waals surface area contributed by atoms with Gasteiger partial charge in [-0.3, -0.25) is 9.59 Å². The van der Waals surface area contributed by atoms with Gasteiger partial charge in [0.1, 0.15) is 5.01 Å². The van der Waals surface area contributed by atoms with Crippen LogP contribution in [0.4, 0.5) is 5.13 Å². The van der Waals surface area contributed by atoms with Crippen molar-refractivity contribution < 1.29 is 14.7 Å². The summed E-state index contributed by atoms with van der Waals surface area (Å²) in [5.41, 5.74) is 0. The molecule has 2 rings (SSSR count). The van der Waals surface area contributed by atoms with E-state index in [0.717, 1.165) is 37.0 Å². The van der Waals surface area contributed by atoms with Gasteiger partial charge < -0.3 is 10.4 Å². The van der Waals surface area contributed by atoms with Gasteiger partial charge in [-0.15, -0.1) is 10.2 Å². The normalized spacial score (nSPS) is 16.4. The first-order chi connectivity index (χ1) is 8.65. The van der Waals surface area contributed by atoms with Crippen LogP contribution in [0.25, 0.3) is 0 Å². The van der Waals surface area contributed by atoms with E-state index in [0.29, 0.717) is 10.1 Å². The van der Waals surface area contributed by atoms with Crippen LogP contribution in [0.3, 0.4) is 0 Å². The van der Waals surface area contributed by atoms with Crippen molar-refractivity contribution in [3.8, 4) is 0 Å². The quantitative estimate of drug-likeness (QED) is 0.867. The minimum absolute atomic E-state index is 0.0206. The molecule has 0 saturated heterocycles.